The lowest BCUT2D eigenvalue weighted by Crippen LogP contribution is -2.56. The van der Waals surface area contributed by atoms with Crippen molar-refractivity contribution in [3.63, 3.8) is 0 Å². The maximum atomic E-state index is 13.3. The second-order valence-corrected chi connectivity index (χ2v) is 8.40. The van der Waals surface area contributed by atoms with Crippen LogP contribution in [-0.2, 0) is 4.79 Å². The summed E-state index contributed by atoms with van der Waals surface area (Å²) in [5.41, 5.74) is 1.30. The van der Waals surface area contributed by atoms with Crippen molar-refractivity contribution in [2.24, 2.45) is 5.92 Å². The molecule has 0 spiro atoms. The van der Waals surface area contributed by atoms with Crippen LogP contribution in [0.5, 0.6) is 5.75 Å². The monoisotopic (exact) mass is 405 g/mol. The minimum atomic E-state index is -0.706. The highest BCUT2D eigenvalue weighted by Crippen LogP contribution is 2.50. The number of para-hydroxylation sites is 1. The summed E-state index contributed by atoms with van der Waals surface area (Å²) in [5, 5.41) is 11.5. The van der Waals surface area contributed by atoms with E-state index in [1.807, 2.05) is 66.4 Å². The van der Waals surface area contributed by atoms with Gasteiger partial charge in [-0.15, -0.1) is 0 Å². The van der Waals surface area contributed by atoms with Crippen molar-refractivity contribution in [1.82, 2.24) is 4.90 Å². The quantitative estimate of drug-likeness (QED) is 0.713. The van der Waals surface area contributed by atoms with E-state index in [-0.39, 0.29) is 17.9 Å². The van der Waals surface area contributed by atoms with Crippen molar-refractivity contribution in [2.45, 2.75) is 50.7 Å². The average molecular weight is 406 g/mol. The molecule has 2 fully saturated rings. The molecule has 1 amide bonds. The van der Waals surface area contributed by atoms with Gasteiger partial charge >= 0.3 is 0 Å². The van der Waals surface area contributed by atoms with Crippen LogP contribution < -0.4 is 4.74 Å². The van der Waals surface area contributed by atoms with Gasteiger partial charge in [-0.2, -0.15) is 0 Å². The first kappa shape index (κ1) is 20.7. The standard InChI is InChI=1S/C26H31NO3/c1-2-30-23-14-7-6-12-21(23)25-22-13-8-9-17-26(22,29)18-19-27(25)24(28)16-15-20-10-4-3-5-11-20/h3-7,10-12,14-16,22,25,29H,2,8-9,13,17-19H2,1H3/t22?,25-,26?/m0/s1. The third kappa shape index (κ3) is 4.15. The number of hydrogen-bond acceptors (Lipinski definition) is 3. The summed E-state index contributed by atoms with van der Waals surface area (Å²) in [6, 6.07) is 17.7. The highest BCUT2D eigenvalue weighted by Gasteiger charge is 2.50. The number of benzene rings is 2. The van der Waals surface area contributed by atoms with E-state index in [4.69, 9.17) is 4.74 Å². The number of nitrogens with zero attached hydrogens (tertiary/aromatic N) is 1. The predicted molar refractivity (Wildman–Crippen MR) is 119 cm³/mol. The number of rotatable bonds is 5. The first-order valence-corrected chi connectivity index (χ1v) is 11.1. The van der Waals surface area contributed by atoms with Gasteiger partial charge in [-0.1, -0.05) is 61.4 Å². The van der Waals surface area contributed by atoms with Crippen LogP contribution >= 0.6 is 0 Å². The second kappa shape index (κ2) is 9.05. The molecule has 4 heteroatoms. The highest BCUT2D eigenvalue weighted by atomic mass is 16.5. The summed E-state index contributed by atoms with van der Waals surface area (Å²) >= 11 is 0. The Bertz CT molecular complexity index is 894. The Hall–Kier alpha value is -2.59. The molecule has 2 unspecified atom stereocenters. The molecular weight excluding hydrogens is 374 g/mol. The molecule has 0 bridgehead atoms. The summed E-state index contributed by atoms with van der Waals surface area (Å²) < 4.78 is 5.92. The van der Waals surface area contributed by atoms with Gasteiger partial charge in [0.05, 0.1) is 18.2 Å². The van der Waals surface area contributed by atoms with E-state index < -0.39 is 5.60 Å². The third-order valence-corrected chi connectivity index (χ3v) is 6.61. The predicted octanol–water partition coefficient (Wildman–Crippen LogP) is 4.99. The van der Waals surface area contributed by atoms with Gasteiger partial charge in [0.2, 0.25) is 5.91 Å². The number of hydrogen-bond donors (Lipinski definition) is 1. The lowest BCUT2D eigenvalue weighted by molar-refractivity contribution is -0.151. The Labute approximate surface area is 179 Å². The SMILES string of the molecule is CCOc1ccccc1[C@H]1C2CCCCC2(O)CCN1C(=O)C=Cc1ccccc1. The topological polar surface area (TPSA) is 49.8 Å². The first-order valence-electron chi connectivity index (χ1n) is 11.1. The smallest absolute Gasteiger partial charge is 0.247 e. The highest BCUT2D eigenvalue weighted by molar-refractivity contribution is 5.92. The molecule has 0 aromatic heterocycles. The zero-order chi connectivity index (χ0) is 21.0. The number of carbonyl (C=O) groups excluding carboxylic acids is 1. The number of fused-ring (bicyclic) bond motifs is 1. The van der Waals surface area contributed by atoms with Gasteiger partial charge in [0, 0.05) is 24.1 Å². The van der Waals surface area contributed by atoms with Gasteiger partial charge in [0.15, 0.2) is 0 Å². The van der Waals surface area contributed by atoms with E-state index in [0.717, 1.165) is 42.6 Å². The van der Waals surface area contributed by atoms with E-state index >= 15 is 0 Å². The number of likely N-dealkylation sites (tertiary alicyclic amines) is 1. The molecule has 3 atom stereocenters. The van der Waals surface area contributed by atoms with E-state index in [0.29, 0.717) is 19.6 Å². The van der Waals surface area contributed by atoms with E-state index in [1.54, 1.807) is 6.08 Å². The van der Waals surface area contributed by atoms with Crippen LogP contribution in [0.4, 0.5) is 0 Å². The normalized spacial score (nSPS) is 26.4. The molecule has 2 aliphatic rings. The van der Waals surface area contributed by atoms with Crippen molar-refractivity contribution in [3.8, 4) is 5.75 Å². The molecule has 30 heavy (non-hydrogen) atoms. The molecule has 0 radical (unpaired) electrons. The molecule has 2 aromatic rings. The van der Waals surface area contributed by atoms with E-state index in [9.17, 15) is 9.90 Å². The molecule has 1 saturated carbocycles. The molecule has 1 saturated heterocycles. The Kier molecular flexibility index (Phi) is 6.24. The van der Waals surface area contributed by atoms with Crippen molar-refractivity contribution in [2.75, 3.05) is 13.2 Å². The van der Waals surface area contributed by atoms with E-state index in [1.165, 1.54) is 0 Å². The minimum Gasteiger partial charge on any atom is -0.494 e. The van der Waals surface area contributed by atoms with Crippen LogP contribution in [0.2, 0.25) is 0 Å². The van der Waals surface area contributed by atoms with Crippen LogP contribution in [-0.4, -0.2) is 34.7 Å². The lowest BCUT2D eigenvalue weighted by Gasteiger charge is -2.52. The molecule has 1 aliphatic carbocycles. The molecule has 4 rings (SSSR count). The lowest BCUT2D eigenvalue weighted by atomic mass is 9.66. The first-order chi connectivity index (χ1) is 14.6. The second-order valence-electron chi connectivity index (χ2n) is 8.40. The third-order valence-electron chi connectivity index (χ3n) is 6.61. The van der Waals surface area contributed by atoms with Crippen molar-refractivity contribution in [3.05, 3.63) is 71.8 Å². The van der Waals surface area contributed by atoms with Gasteiger partial charge in [-0.3, -0.25) is 4.79 Å². The fraction of sp³-hybridized carbons (Fsp3) is 0.423. The Morgan fingerprint density at radius 1 is 1.13 bits per heavy atom. The number of carbonyl (C=O) groups is 1. The van der Waals surface area contributed by atoms with Crippen molar-refractivity contribution >= 4 is 12.0 Å². The van der Waals surface area contributed by atoms with Crippen LogP contribution in [0, 0.1) is 5.92 Å². The average Bonchev–Trinajstić information content (AvgIpc) is 2.78. The molecular formula is C26H31NO3. The summed E-state index contributed by atoms with van der Waals surface area (Å²) in [6.45, 7) is 3.09. The fourth-order valence-electron chi connectivity index (χ4n) is 5.15. The van der Waals surface area contributed by atoms with Crippen LogP contribution in [0.15, 0.2) is 60.7 Å². The maximum absolute atomic E-state index is 13.3. The van der Waals surface area contributed by atoms with Crippen LogP contribution in [0.1, 0.15) is 56.2 Å². The zero-order valence-corrected chi connectivity index (χ0v) is 17.7. The van der Waals surface area contributed by atoms with Gasteiger partial charge in [0.25, 0.3) is 0 Å². The number of piperidine rings is 1. The van der Waals surface area contributed by atoms with Gasteiger partial charge < -0.3 is 14.7 Å². The largest absolute Gasteiger partial charge is 0.494 e. The van der Waals surface area contributed by atoms with Gasteiger partial charge in [-0.25, -0.2) is 0 Å². The number of ether oxygens (including phenoxy) is 1. The van der Waals surface area contributed by atoms with Crippen LogP contribution in [0.25, 0.3) is 6.08 Å². The summed E-state index contributed by atoms with van der Waals surface area (Å²) in [5.74, 6) is 0.822. The molecule has 1 aliphatic heterocycles. The Morgan fingerprint density at radius 2 is 1.90 bits per heavy atom. The van der Waals surface area contributed by atoms with Crippen molar-refractivity contribution in [1.29, 1.82) is 0 Å². The molecule has 1 N–H and O–H groups in total. The molecule has 158 valence electrons. The van der Waals surface area contributed by atoms with Crippen LogP contribution in [0.3, 0.4) is 0 Å². The van der Waals surface area contributed by atoms with Gasteiger partial charge in [-0.05, 0) is 43.9 Å². The maximum Gasteiger partial charge on any atom is 0.247 e. The van der Waals surface area contributed by atoms with Crippen molar-refractivity contribution < 1.29 is 14.6 Å². The fourth-order valence-corrected chi connectivity index (χ4v) is 5.15. The minimum absolute atomic E-state index is 0.0113. The molecule has 1 heterocycles. The number of amides is 1. The van der Waals surface area contributed by atoms with Gasteiger partial charge in [0.1, 0.15) is 5.75 Å². The summed E-state index contributed by atoms with van der Waals surface area (Å²) in [6.07, 6.45) is 8.04. The summed E-state index contributed by atoms with van der Waals surface area (Å²) in [4.78, 5) is 15.3. The number of aliphatic hydroxyl groups is 1. The summed E-state index contributed by atoms with van der Waals surface area (Å²) in [7, 11) is 0. The zero-order valence-electron chi connectivity index (χ0n) is 17.7. The Morgan fingerprint density at radius 3 is 2.70 bits per heavy atom. The molecule has 4 nitrogen and oxygen atoms in total. The van der Waals surface area contributed by atoms with E-state index in [2.05, 4.69) is 6.07 Å². The molecule has 2 aromatic carbocycles. The Balaban J connectivity index is 1.70.